The van der Waals surface area contributed by atoms with Crippen molar-refractivity contribution >= 4 is 28.5 Å². The fraction of sp³-hybridized carbons (Fsp3) is 0.111. The second-order valence-electron chi connectivity index (χ2n) is 7.64. The van der Waals surface area contributed by atoms with Crippen LogP contribution in [0.15, 0.2) is 78.9 Å². The van der Waals surface area contributed by atoms with Crippen molar-refractivity contribution in [1.82, 2.24) is 4.98 Å². The van der Waals surface area contributed by atoms with Gasteiger partial charge in [-0.05, 0) is 72.4 Å². The molecule has 0 fully saturated rings. The minimum absolute atomic E-state index is 0.387. The SMILES string of the molecule is O=C(O)c1c2c(nc3ccccc13)/C(=C\c1ccc(Oc3ccccc3)cc1)CCC2. The largest absolute Gasteiger partial charge is 0.478 e. The Kier molecular flexibility index (Phi) is 4.97. The molecule has 0 saturated carbocycles. The van der Waals surface area contributed by atoms with Crippen LogP contribution in [-0.2, 0) is 6.42 Å². The summed E-state index contributed by atoms with van der Waals surface area (Å²) in [6.07, 6.45) is 4.63. The van der Waals surface area contributed by atoms with Gasteiger partial charge in [-0.2, -0.15) is 0 Å². The van der Waals surface area contributed by atoms with E-state index in [1.165, 1.54) is 0 Å². The average Bonchev–Trinajstić information content (AvgIpc) is 2.79. The van der Waals surface area contributed by atoms with Crippen molar-refractivity contribution in [3.8, 4) is 11.5 Å². The molecule has 31 heavy (non-hydrogen) atoms. The number of fused-ring (bicyclic) bond motifs is 2. The van der Waals surface area contributed by atoms with Crippen LogP contribution in [0.1, 0.15) is 40.0 Å². The fourth-order valence-electron chi connectivity index (χ4n) is 4.18. The normalized spacial score (nSPS) is 14.4. The number of pyridine rings is 1. The molecule has 1 N–H and O–H groups in total. The van der Waals surface area contributed by atoms with E-state index in [4.69, 9.17) is 9.72 Å². The van der Waals surface area contributed by atoms with Crippen LogP contribution < -0.4 is 4.74 Å². The number of allylic oxidation sites excluding steroid dienone is 1. The summed E-state index contributed by atoms with van der Waals surface area (Å²) in [5.74, 6) is 0.681. The zero-order valence-corrected chi connectivity index (χ0v) is 16.9. The van der Waals surface area contributed by atoms with Gasteiger partial charge < -0.3 is 9.84 Å². The number of ether oxygens (including phenoxy) is 1. The lowest BCUT2D eigenvalue weighted by molar-refractivity contribution is 0.0697. The number of benzene rings is 3. The number of hydrogen-bond acceptors (Lipinski definition) is 3. The van der Waals surface area contributed by atoms with E-state index in [1.54, 1.807) is 0 Å². The highest BCUT2D eigenvalue weighted by Crippen LogP contribution is 2.36. The molecule has 0 bridgehead atoms. The van der Waals surface area contributed by atoms with E-state index in [2.05, 4.69) is 6.08 Å². The van der Waals surface area contributed by atoms with Crippen molar-refractivity contribution in [3.63, 3.8) is 0 Å². The first-order valence-electron chi connectivity index (χ1n) is 10.4. The maximum Gasteiger partial charge on any atom is 0.336 e. The first-order valence-corrected chi connectivity index (χ1v) is 10.4. The molecule has 0 atom stereocenters. The molecule has 1 aliphatic rings. The quantitative estimate of drug-likeness (QED) is 0.414. The number of carboxylic acid groups (broad SMARTS) is 1. The topological polar surface area (TPSA) is 59.4 Å². The molecule has 1 aliphatic carbocycles. The lowest BCUT2D eigenvalue weighted by atomic mass is 9.86. The van der Waals surface area contributed by atoms with E-state index in [0.717, 1.165) is 58.7 Å². The van der Waals surface area contributed by atoms with Crippen LogP contribution in [-0.4, -0.2) is 16.1 Å². The van der Waals surface area contributed by atoms with Crippen LogP contribution in [0.4, 0.5) is 0 Å². The summed E-state index contributed by atoms with van der Waals surface area (Å²) in [7, 11) is 0. The van der Waals surface area contributed by atoms with Crippen LogP contribution in [0, 0.1) is 0 Å². The van der Waals surface area contributed by atoms with Gasteiger partial charge in [0.05, 0.1) is 16.8 Å². The Hall–Kier alpha value is -3.92. The van der Waals surface area contributed by atoms with Gasteiger partial charge in [-0.3, -0.25) is 0 Å². The van der Waals surface area contributed by atoms with Gasteiger partial charge in [0.2, 0.25) is 0 Å². The second-order valence-corrected chi connectivity index (χ2v) is 7.64. The molecule has 5 rings (SSSR count). The third kappa shape index (κ3) is 3.80. The molecule has 4 nitrogen and oxygen atoms in total. The maximum atomic E-state index is 12.1. The Morgan fingerprint density at radius 1 is 0.871 bits per heavy atom. The first-order chi connectivity index (χ1) is 15.2. The zero-order chi connectivity index (χ0) is 21.2. The van der Waals surface area contributed by atoms with Gasteiger partial charge in [0.1, 0.15) is 11.5 Å². The van der Waals surface area contributed by atoms with E-state index < -0.39 is 5.97 Å². The van der Waals surface area contributed by atoms with Crippen LogP contribution >= 0.6 is 0 Å². The lowest BCUT2D eigenvalue weighted by Gasteiger charge is -2.21. The van der Waals surface area contributed by atoms with Crippen molar-refractivity contribution in [2.24, 2.45) is 0 Å². The molecule has 0 amide bonds. The molecule has 0 aliphatic heterocycles. The molecule has 4 heteroatoms. The Balaban J connectivity index is 1.52. The number of rotatable bonds is 4. The smallest absolute Gasteiger partial charge is 0.336 e. The Morgan fingerprint density at radius 2 is 1.58 bits per heavy atom. The Labute approximate surface area is 180 Å². The minimum Gasteiger partial charge on any atom is -0.478 e. The van der Waals surface area contributed by atoms with Gasteiger partial charge in [0, 0.05) is 5.39 Å². The van der Waals surface area contributed by atoms with Gasteiger partial charge in [-0.15, -0.1) is 0 Å². The third-order valence-corrected chi connectivity index (χ3v) is 5.58. The summed E-state index contributed by atoms with van der Waals surface area (Å²) in [5, 5.41) is 10.6. The summed E-state index contributed by atoms with van der Waals surface area (Å²) < 4.78 is 5.87. The van der Waals surface area contributed by atoms with E-state index in [0.29, 0.717) is 10.9 Å². The highest BCUT2D eigenvalue weighted by atomic mass is 16.5. The summed E-state index contributed by atoms with van der Waals surface area (Å²) in [6.45, 7) is 0. The number of para-hydroxylation sites is 2. The van der Waals surface area contributed by atoms with Crippen molar-refractivity contribution in [3.05, 3.63) is 101 Å². The molecule has 1 heterocycles. The standard InChI is InChI=1S/C27H21NO3/c29-27(30)25-22-10-4-5-12-24(22)28-26-19(7-6-11-23(25)26)17-18-13-15-21(16-14-18)31-20-8-2-1-3-9-20/h1-5,8-10,12-17H,6-7,11H2,(H,29,30)/b19-17-. The molecular weight excluding hydrogens is 386 g/mol. The lowest BCUT2D eigenvalue weighted by Crippen LogP contribution is -2.13. The van der Waals surface area contributed by atoms with Crippen LogP contribution in [0.2, 0.25) is 0 Å². The van der Waals surface area contributed by atoms with Crippen LogP contribution in [0.3, 0.4) is 0 Å². The van der Waals surface area contributed by atoms with Crippen LogP contribution in [0.25, 0.3) is 22.6 Å². The number of carboxylic acids is 1. The zero-order valence-electron chi connectivity index (χ0n) is 16.9. The van der Waals surface area contributed by atoms with E-state index in [1.807, 2.05) is 78.9 Å². The van der Waals surface area contributed by atoms with Gasteiger partial charge in [0.25, 0.3) is 0 Å². The third-order valence-electron chi connectivity index (χ3n) is 5.58. The Morgan fingerprint density at radius 3 is 2.35 bits per heavy atom. The highest BCUT2D eigenvalue weighted by molar-refractivity contribution is 6.05. The summed E-state index contributed by atoms with van der Waals surface area (Å²) in [5.41, 5.74) is 4.87. The monoisotopic (exact) mass is 407 g/mol. The second kappa shape index (κ2) is 8.07. The van der Waals surface area contributed by atoms with Gasteiger partial charge in [0.15, 0.2) is 0 Å². The fourth-order valence-corrected chi connectivity index (χ4v) is 4.18. The van der Waals surface area contributed by atoms with Gasteiger partial charge in [-0.25, -0.2) is 9.78 Å². The molecule has 0 radical (unpaired) electrons. The number of carbonyl (C=O) groups is 1. The average molecular weight is 407 g/mol. The first kappa shape index (κ1) is 19.1. The maximum absolute atomic E-state index is 12.1. The molecule has 152 valence electrons. The molecule has 3 aromatic carbocycles. The van der Waals surface area contributed by atoms with Gasteiger partial charge in [-0.1, -0.05) is 48.5 Å². The number of aromatic carboxylic acids is 1. The Bertz CT molecular complexity index is 1290. The predicted octanol–water partition coefficient (Wildman–Crippen LogP) is 6.60. The summed E-state index contributed by atoms with van der Waals surface area (Å²) in [4.78, 5) is 16.9. The number of hydrogen-bond donors (Lipinski definition) is 1. The van der Waals surface area contributed by atoms with Crippen molar-refractivity contribution < 1.29 is 14.6 Å². The molecule has 0 saturated heterocycles. The number of aromatic nitrogens is 1. The summed E-state index contributed by atoms with van der Waals surface area (Å²) >= 11 is 0. The van der Waals surface area contributed by atoms with Crippen molar-refractivity contribution in [2.75, 3.05) is 0 Å². The van der Waals surface area contributed by atoms with Crippen LogP contribution in [0.5, 0.6) is 11.5 Å². The predicted molar refractivity (Wildman–Crippen MR) is 122 cm³/mol. The molecule has 0 spiro atoms. The molecular formula is C27H21NO3. The minimum atomic E-state index is -0.890. The molecule has 1 aromatic heterocycles. The summed E-state index contributed by atoms with van der Waals surface area (Å²) in [6, 6.07) is 25.1. The number of nitrogens with zero attached hydrogens (tertiary/aromatic N) is 1. The highest BCUT2D eigenvalue weighted by Gasteiger charge is 2.24. The molecule has 4 aromatic rings. The van der Waals surface area contributed by atoms with E-state index >= 15 is 0 Å². The van der Waals surface area contributed by atoms with Crippen molar-refractivity contribution in [2.45, 2.75) is 19.3 Å². The molecule has 0 unspecified atom stereocenters. The van der Waals surface area contributed by atoms with Crippen molar-refractivity contribution in [1.29, 1.82) is 0 Å². The van der Waals surface area contributed by atoms with Gasteiger partial charge >= 0.3 is 5.97 Å². The van der Waals surface area contributed by atoms with E-state index in [9.17, 15) is 9.90 Å². The van der Waals surface area contributed by atoms with E-state index in [-0.39, 0.29) is 0 Å².